The van der Waals surface area contributed by atoms with Crippen LogP contribution in [0.3, 0.4) is 0 Å². The fraction of sp³-hybridized carbons (Fsp3) is 0.385. The van der Waals surface area contributed by atoms with Crippen molar-refractivity contribution in [3.8, 4) is 5.75 Å². The van der Waals surface area contributed by atoms with Crippen LogP contribution in [0.15, 0.2) is 48.5 Å². The van der Waals surface area contributed by atoms with Crippen LogP contribution in [0.2, 0.25) is 0 Å². The Kier molecular flexibility index (Phi) is 5.79. The number of hydrogen-bond donors (Lipinski definition) is 1. The standard InChI is InChI=1S/C26H28FN3O3/c1-33-20-9-6-17(7-10-20)16-30-24-12-13-29(23(24)4-2-3-5-25(30)31)26(32)22-15-18-14-19(27)8-11-21(18)28-22/h6-11,14-15,23-24,28H,2-5,12-13,16H2,1H3/t23-,24+/m1/s1. The number of amides is 2. The highest BCUT2D eigenvalue weighted by Gasteiger charge is 2.42. The number of nitrogens with zero attached hydrogens (tertiary/aromatic N) is 2. The van der Waals surface area contributed by atoms with Gasteiger partial charge >= 0.3 is 0 Å². The van der Waals surface area contributed by atoms with Crippen molar-refractivity contribution in [2.75, 3.05) is 13.7 Å². The van der Waals surface area contributed by atoms with Crippen LogP contribution in [-0.4, -0.2) is 52.3 Å². The van der Waals surface area contributed by atoms with Gasteiger partial charge in [-0.25, -0.2) is 4.39 Å². The number of halogens is 1. The van der Waals surface area contributed by atoms with Crippen molar-refractivity contribution in [3.63, 3.8) is 0 Å². The predicted molar refractivity (Wildman–Crippen MR) is 123 cm³/mol. The Bertz CT molecular complexity index is 1170. The van der Waals surface area contributed by atoms with Gasteiger partial charge in [-0.2, -0.15) is 0 Å². The number of fused-ring (bicyclic) bond motifs is 2. The van der Waals surface area contributed by atoms with Crippen LogP contribution < -0.4 is 4.74 Å². The van der Waals surface area contributed by atoms with Crippen LogP contribution in [0, 0.1) is 5.82 Å². The Balaban J connectivity index is 1.39. The summed E-state index contributed by atoms with van der Waals surface area (Å²) >= 11 is 0. The summed E-state index contributed by atoms with van der Waals surface area (Å²) in [5.74, 6) is 0.522. The average molecular weight is 450 g/mol. The third-order valence-electron chi connectivity index (χ3n) is 6.96. The summed E-state index contributed by atoms with van der Waals surface area (Å²) in [6.07, 6.45) is 3.92. The van der Waals surface area contributed by atoms with Crippen LogP contribution in [-0.2, 0) is 11.3 Å². The molecule has 172 valence electrons. The molecule has 7 heteroatoms. The number of nitrogens with one attached hydrogen (secondary N) is 1. The van der Waals surface area contributed by atoms with Gasteiger partial charge in [-0.3, -0.25) is 9.59 Å². The number of benzene rings is 2. The van der Waals surface area contributed by atoms with Gasteiger partial charge in [-0.15, -0.1) is 0 Å². The molecule has 2 amide bonds. The highest BCUT2D eigenvalue weighted by Crippen LogP contribution is 2.33. The second-order valence-electron chi connectivity index (χ2n) is 8.95. The van der Waals surface area contributed by atoms with Crippen molar-refractivity contribution in [2.24, 2.45) is 0 Å². The zero-order valence-corrected chi connectivity index (χ0v) is 18.7. The first-order chi connectivity index (χ1) is 16.0. The second kappa shape index (κ2) is 8.89. The molecule has 1 aromatic heterocycles. The molecule has 2 aliphatic rings. The molecule has 0 unspecified atom stereocenters. The molecule has 0 spiro atoms. The number of rotatable bonds is 4. The van der Waals surface area contributed by atoms with E-state index in [1.807, 2.05) is 34.1 Å². The van der Waals surface area contributed by atoms with E-state index in [0.29, 0.717) is 30.6 Å². The van der Waals surface area contributed by atoms with E-state index in [0.717, 1.165) is 42.5 Å². The number of methoxy groups -OCH3 is 1. The van der Waals surface area contributed by atoms with E-state index >= 15 is 0 Å². The smallest absolute Gasteiger partial charge is 0.270 e. The minimum Gasteiger partial charge on any atom is -0.497 e. The zero-order valence-electron chi connectivity index (χ0n) is 18.7. The van der Waals surface area contributed by atoms with Gasteiger partial charge in [0.2, 0.25) is 5.91 Å². The minimum atomic E-state index is -0.325. The molecule has 2 saturated heterocycles. The minimum absolute atomic E-state index is 0.00863. The van der Waals surface area contributed by atoms with Gasteiger partial charge in [0, 0.05) is 30.4 Å². The molecular weight excluding hydrogens is 421 g/mol. The Hall–Kier alpha value is -3.35. The first-order valence-corrected chi connectivity index (χ1v) is 11.5. The van der Waals surface area contributed by atoms with Gasteiger partial charge in [0.15, 0.2) is 0 Å². The Morgan fingerprint density at radius 1 is 1.09 bits per heavy atom. The maximum absolute atomic E-state index is 13.6. The largest absolute Gasteiger partial charge is 0.497 e. The molecule has 3 aromatic rings. The Morgan fingerprint density at radius 3 is 2.70 bits per heavy atom. The van der Waals surface area contributed by atoms with Gasteiger partial charge in [-0.05, 0) is 61.2 Å². The number of aromatic amines is 1. The van der Waals surface area contributed by atoms with Crippen molar-refractivity contribution in [1.82, 2.24) is 14.8 Å². The topological polar surface area (TPSA) is 65.6 Å². The molecular formula is C26H28FN3O3. The van der Waals surface area contributed by atoms with Gasteiger partial charge in [0.05, 0.1) is 19.2 Å². The van der Waals surface area contributed by atoms with E-state index < -0.39 is 0 Å². The molecule has 2 aliphatic heterocycles. The van der Waals surface area contributed by atoms with E-state index in [1.54, 1.807) is 19.2 Å². The maximum atomic E-state index is 13.6. The molecule has 0 bridgehead atoms. The van der Waals surface area contributed by atoms with Crippen molar-refractivity contribution in [2.45, 2.75) is 50.7 Å². The number of H-pyrrole nitrogens is 1. The lowest BCUT2D eigenvalue weighted by Gasteiger charge is -2.37. The second-order valence-corrected chi connectivity index (χ2v) is 8.95. The monoisotopic (exact) mass is 449 g/mol. The van der Waals surface area contributed by atoms with E-state index in [1.165, 1.54) is 12.1 Å². The summed E-state index contributed by atoms with van der Waals surface area (Å²) < 4.78 is 18.8. The lowest BCUT2D eigenvalue weighted by molar-refractivity contribution is -0.135. The number of aromatic nitrogens is 1. The lowest BCUT2D eigenvalue weighted by atomic mass is 9.96. The summed E-state index contributed by atoms with van der Waals surface area (Å²) in [5.41, 5.74) is 2.25. The average Bonchev–Trinajstić information content (AvgIpc) is 3.42. The number of carbonyl (C=O) groups is 2. The third-order valence-corrected chi connectivity index (χ3v) is 6.96. The van der Waals surface area contributed by atoms with Gasteiger partial charge in [-0.1, -0.05) is 18.6 Å². The lowest BCUT2D eigenvalue weighted by Crippen LogP contribution is -2.49. The SMILES string of the molecule is COc1ccc(CN2C(=O)CCCC[C@@H]3[C@@H]2CCN3C(=O)c2cc3cc(F)ccc3[nH]2)cc1. The van der Waals surface area contributed by atoms with Crippen LogP contribution in [0.1, 0.15) is 48.2 Å². The fourth-order valence-corrected chi connectivity index (χ4v) is 5.27. The highest BCUT2D eigenvalue weighted by molar-refractivity contribution is 5.98. The molecule has 0 saturated carbocycles. The number of ether oxygens (including phenoxy) is 1. The predicted octanol–water partition coefficient (Wildman–Crippen LogP) is 4.50. The van der Waals surface area contributed by atoms with Crippen molar-refractivity contribution < 1.29 is 18.7 Å². The molecule has 2 atom stereocenters. The Morgan fingerprint density at radius 2 is 1.91 bits per heavy atom. The van der Waals surface area contributed by atoms with Gasteiger partial charge in [0.1, 0.15) is 17.3 Å². The van der Waals surface area contributed by atoms with Crippen molar-refractivity contribution >= 4 is 22.7 Å². The van der Waals surface area contributed by atoms with E-state index in [2.05, 4.69) is 4.98 Å². The summed E-state index contributed by atoms with van der Waals surface area (Å²) in [4.78, 5) is 33.6. The fourth-order valence-electron chi connectivity index (χ4n) is 5.27. The first kappa shape index (κ1) is 21.5. The quantitative estimate of drug-likeness (QED) is 0.638. The Labute approximate surface area is 192 Å². The maximum Gasteiger partial charge on any atom is 0.270 e. The van der Waals surface area contributed by atoms with Crippen LogP contribution in [0.4, 0.5) is 4.39 Å². The summed E-state index contributed by atoms with van der Waals surface area (Å²) in [7, 11) is 1.63. The molecule has 6 nitrogen and oxygen atoms in total. The van der Waals surface area contributed by atoms with Crippen molar-refractivity contribution in [1.29, 1.82) is 0 Å². The van der Waals surface area contributed by atoms with Crippen LogP contribution in [0.5, 0.6) is 5.75 Å². The molecule has 2 aromatic carbocycles. The number of hydrogen-bond acceptors (Lipinski definition) is 3. The van der Waals surface area contributed by atoms with E-state index in [4.69, 9.17) is 4.74 Å². The van der Waals surface area contributed by atoms with Crippen LogP contribution in [0.25, 0.3) is 10.9 Å². The summed E-state index contributed by atoms with van der Waals surface area (Å²) in [6, 6.07) is 13.9. The first-order valence-electron chi connectivity index (χ1n) is 11.5. The molecule has 0 aliphatic carbocycles. The highest BCUT2D eigenvalue weighted by atomic mass is 19.1. The zero-order chi connectivity index (χ0) is 22.9. The summed E-state index contributed by atoms with van der Waals surface area (Å²) in [6.45, 7) is 1.13. The number of carbonyl (C=O) groups excluding carboxylic acids is 2. The molecule has 1 N–H and O–H groups in total. The normalized spacial score (nSPS) is 21.1. The third kappa shape index (κ3) is 4.19. The van der Waals surface area contributed by atoms with Gasteiger partial charge in [0.25, 0.3) is 5.91 Å². The molecule has 3 heterocycles. The molecule has 0 radical (unpaired) electrons. The molecule has 33 heavy (non-hydrogen) atoms. The van der Waals surface area contributed by atoms with E-state index in [9.17, 15) is 14.0 Å². The molecule has 5 rings (SSSR count). The van der Waals surface area contributed by atoms with Gasteiger partial charge < -0.3 is 19.5 Å². The van der Waals surface area contributed by atoms with Crippen LogP contribution >= 0.6 is 0 Å². The van der Waals surface area contributed by atoms with E-state index in [-0.39, 0.29) is 29.7 Å². The van der Waals surface area contributed by atoms with Crippen molar-refractivity contribution in [3.05, 3.63) is 65.6 Å². The number of likely N-dealkylation sites (tertiary alicyclic amines) is 2. The molecule has 2 fully saturated rings. The summed E-state index contributed by atoms with van der Waals surface area (Å²) in [5, 5.41) is 0.683.